The number of allylic oxidation sites excluding steroid dienone is 4. The van der Waals surface area contributed by atoms with Gasteiger partial charge >= 0.3 is 17.9 Å². The maximum absolute atomic E-state index is 14.0. The van der Waals surface area contributed by atoms with E-state index in [1.807, 2.05) is 111 Å². The number of esters is 3. The lowest BCUT2D eigenvalue weighted by Crippen LogP contribution is -2.54. The number of amides is 3. The van der Waals surface area contributed by atoms with Gasteiger partial charge in [-0.3, -0.25) is 33.6 Å². The second-order valence-electron chi connectivity index (χ2n) is 30.9. The molecule has 0 radical (unpaired) electrons. The molecule has 11 atom stereocenters. The van der Waals surface area contributed by atoms with Crippen molar-refractivity contribution in [1.82, 2.24) is 20.4 Å². The molecule has 18 nitrogen and oxygen atoms in total. The van der Waals surface area contributed by atoms with E-state index in [4.69, 9.17) is 63.2 Å². The van der Waals surface area contributed by atoms with E-state index in [0.29, 0.717) is 108 Å². The Morgan fingerprint density at radius 3 is 1.73 bits per heavy atom. The van der Waals surface area contributed by atoms with Gasteiger partial charge in [0.2, 0.25) is 17.7 Å². The molecule has 2 N–H and O–H groups in total. The topological polar surface area (TPSA) is 222 Å². The average molecular weight is 1610 g/mol. The molecular formula is C93H109Cl3N4O14. The van der Waals surface area contributed by atoms with Gasteiger partial charge < -0.3 is 48.9 Å². The molecule has 3 fully saturated rings. The number of carbonyl (C=O) groups excluding carboxylic acids is 8. The molecule has 3 amide bonds. The summed E-state index contributed by atoms with van der Waals surface area (Å²) in [6.45, 7) is 22.7. The Morgan fingerprint density at radius 2 is 1.17 bits per heavy atom. The Hall–Kier alpha value is -9.33. The second-order valence-corrected chi connectivity index (χ2v) is 32.2. The maximum atomic E-state index is 14.0. The summed E-state index contributed by atoms with van der Waals surface area (Å²) in [6.07, 6.45) is 22.2. The Bertz CT molecular complexity index is 4540. The number of unbranched alkanes of at least 4 members (excludes halogenated alkanes) is 3. The van der Waals surface area contributed by atoms with Crippen LogP contribution in [0, 0.1) is 40.4 Å². The lowest BCUT2D eigenvalue weighted by molar-refractivity contribution is -0.153. The number of halogens is 3. The van der Waals surface area contributed by atoms with E-state index >= 15 is 0 Å². The minimum absolute atomic E-state index is 0. The summed E-state index contributed by atoms with van der Waals surface area (Å²) in [5, 5.41) is 7.94. The number of rotatable bonds is 26. The number of ether oxygens (including phenoxy) is 6. The van der Waals surface area contributed by atoms with Crippen molar-refractivity contribution < 1.29 is 66.8 Å². The number of carbonyl (C=O) groups is 8. The van der Waals surface area contributed by atoms with Crippen LogP contribution in [0.2, 0.25) is 15.1 Å². The molecule has 4 heterocycles. The molecule has 7 aliphatic rings. The van der Waals surface area contributed by atoms with E-state index < -0.39 is 40.5 Å². The van der Waals surface area contributed by atoms with E-state index in [9.17, 15) is 38.4 Å². The van der Waals surface area contributed by atoms with Crippen LogP contribution in [0.4, 0.5) is 0 Å². The molecule has 0 spiro atoms. The molecule has 606 valence electrons. The Morgan fingerprint density at radius 1 is 0.614 bits per heavy atom. The van der Waals surface area contributed by atoms with Crippen LogP contribution in [0.1, 0.15) is 172 Å². The molecule has 3 aliphatic carbocycles. The van der Waals surface area contributed by atoms with Crippen molar-refractivity contribution in [1.29, 1.82) is 0 Å². The number of fused-ring (bicyclic) bond motifs is 5. The zero-order valence-electron chi connectivity index (χ0n) is 65.5. The third-order valence-electron chi connectivity index (χ3n) is 22.9. The van der Waals surface area contributed by atoms with Crippen LogP contribution in [0.3, 0.4) is 0 Å². The van der Waals surface area contributed by atoms with Crippen molar-refractivity contribution in [2.24, 2.45) is 40.4 Å². The highest BCUT2D eigenvalue weighted by Gasteiger charge is 2.64. The van der Waals surface area contributed by atoms with Crippen LogP contribution in [0.15, 0.2) is 178 Å². The van der Waals surface area contributed by atoms with E-state index in [-0.39, 0.29) is 111 Å². The van der Waals surface area contributed by atoms with Crippen LogP contribution in [0.5, 0.6) is 34.5 Å². The summed E-state index contributed by atoms with van der Waals surface area (Å²) in [4.78, 5) is 111. The number of Topliss-reactive ketones (excluding diaryl/α,β-unsaturated/α-hetero) is 2. The molecule has 6 aromatic carbocycles. The first kappa shape index (κ1) is 87.1. The highest BCUT2D eigenvalue weighted by molar-refractivity contribution is 6.31. The van der Waals surface area contributed by atoms with Gasteiger partial charge in [0.1, 0.15) is 40.0 Å². The predicted molar refractivity (Wildman–Crippen MR) is 444 cm³/mol. The van der Waals surface area contributed by atoms with Gasteiger partial charge in [0.05, 0.1) is 48.8 Å². The van der Waals surface area contributed by atoms with Crippen molar-refractivity contribution in [3.63, 3.8) is 0 Å². The molecule has 0 bridgehead atoms. The van der Waals surface area contributed by atoms with E-state index in [1.165, 1.54) is 0 Å². The average Bonchev–Trinajstić information content (AvgIpc) is 1.59. The van der Waals surface area contributed by atoms with E-state index in [2.05, 4.69) is 42.5 Å². The maximum Gasteiger partial charge on any atom is 0.332 e. The number of hydrogen-bond acceptors (Lipinski definition) is 15. The van der Waals surface area contributed by atoms with Gasteiger partial charge in [-0.15, -0.1) is 19.7 Å². The third-order valence-corrected chi connectivity index (χ3v) is 23.6. The second kappa shape index (κ2) is 39.8. The van der Waals surface area contributed by atoms with Gasteiger partial charge in [0, 0.05) is 78.1 Å². The van der Waals surface area contributed by atoms with Crippen LogP contribution >= 0.6 is 34.8 Å². The van der Waals surface area contributed by atoms with Crippen molar-refractivity contribution in [2.45, 2.75) is 201 Å². The molecule has 3 saturated carbocycles. The molecule has 0 aromatic heterocycles. The van der Waals surface area contributed by atoms with Crippen molar-refractivity contribution in [3.05, 3.63) is 226 Å². The van der Waals surface area contributed by atoms with Gasteiger partial charge in [-0.05, 0) is 221 Å². The Kier molecular flexibility index (Phi) is 30.4. The molecule has 114 heavy (non-hydrogen) atoms. The molecule has 4 aliphatic heterocycles. The fraction of sp³-hybridized carbons (Fsp3) is 0.441. The van der Waals surface area contributed by atoms with Gasteiger partial charge in [0.25, 0.3) is 0 Å². The van der Waals surface area contributed by atoms with Crippen LogP contribution in [-0.4, -0.2) is 100 Å². The molecular weight excluding hydrogens is 1500 g/mol. The third kappa shape index (κ3) is 21.4. The number of ketones is 2. The summed E-state index contributed by atoms with van der Waals surface area (Å²) < 4.78 is 34.0. The summed E-state index contributed by atoms with van der Waals surface area (Å²) in [6, 6.07) is 37.3. The predicted octanol–water partition coefficient (Wildman–Crippen LogP) is 19.4. The smallest absolute Gasteiger partial charge is 0.332 e. The van der Waals surface area contributed by atoms with Gasteiger partial charge in [-0.25, -0.2) is 4.79 Å². The van der Waals surface area contributed by atoms with Crippen LogP contribution in [0.25, 0.3) is 0 Å². The molecule has 0 saturated heterocycles. The first-order valence-corrected chi connectivity index (χ1v) is 41.0. The fourth-order valence-corrected chi connectivity index (χ4v) is 16.7. The largest absolute Gasteiger partial charge is 0.466 e. The summed E-state index contributed by atoms with van der Waals surface area (Å²) in [7, 11) is 0. The van der Waals surface area contributed by atoms with Crippen LogP contribution < -0.4 is 24.8 Å². The zero-order chi connectivity index (χ0) is 80.6. The van der Waals surface area contributed by atoms with Crippen molar-refractivity contribution in [2.75, 3.05) is 19.8 Å². The molecule has 0 unspecified atom stereocenters. The summed E-state index contributed by atoms with van der Waals surface area (Å²) in [5.74, 6) is 1.76. The highest BCUT2D eigenvalue weighted by Crippen LogP contribution is 2.59. The fourth-order valence-electron chi connectivity index (χ4n) is 16.1. The number of benzene rings is 6. The lowest BCUT2D eigenvalue weighted by Gasteiger charge is -2.38. The van der Waals surface area contributed by atoms with E-state index in [1.54, 1.807) is 79.1 Å². The minimum atomic E-state index is -0.992. The highest BCUT2D eigenvalue weighted by atomic mass is 35.5. The first-order valence-electron chi connectivity index (χ1n) is 39.9. The summed E-state index contributed by atoms with van der Waals surface area (Å²) in [5.41, 5.74) is 3.35. The number of nitrogens with zero attached hydrogens (tertiary/aromatic N) is 2. The monoisotopic (exact) mass is 1610 g/mol. The van der Waals surface area contributed by atoms with Gasteiger partial charge in [-0.2, -0.15) is 0 Å². The number of nitrogens with one attached hydrogen (secondary N) is 2. The quantitative estimate of drug-likeness (QED) is 0.0223. The Balaban J connectivity index is 0.000000182. The number of hydrogen-bond donors (Lipinski definition) is 2. The summed E-state index contributed by atoms with van der Waals surface area (Å²) >= 11 is 18.3. The zero-order valence-corrected chi connectivity index (χ0v) is 67.7. The molecule has 6 aromatic rings. The molecule has 13 rings (SSSR count). The van der Waals surface area contributed by atoms with Crippen LogP contribution in [-0.2, 0) is 91.5 Å². The SMILES string of the molecule is C.C=CCCCCC[C@H](C)C(=O)N1Cc2ccc(Oc3cccc(Cl)c3)cc2C[C@H]1C(=O)C[C@]1(C(=O)OCC)C[C@H]1C=C.C=C[C@@H]1C[C@]1(NC(=O)[C@@H]1Cc2cc(Oc3cccc(Cl)c3)ccc2CN1)C(=O)OCC.CCOC(=O)[C@]12CC(=O)[C@@H]3Cc4cc(Oc5cccc(Cl)c5)ccc4CN3C(=O)[C@@H](C)CCCCC/C=C\[C@@H]1C2. The van der Waals surface area contributed by atoms with Crippen molar-refractivity contribution >= 4 is 82.0 Å². The normalized spacial score (nSPS) is 24.2. The first-order chi connectivity index (χ1) is 54.5. The minimum Gasteiger partial charge on any atom is -0.466 e. The standard InChI is InChI=1S/C35H42ClNO5.C33H38ClNO5.C24H25ClN2O4.CH4/c1-5-8-9-10-11-13-24(4)33(39)37-23-25-16-17-30(42-29-15-12-14-28(36)20-29)18-26(25)19-31(37)32(38)22-35(21-27(35)6-2)34(40)41-7-3;1-3-39-32(38)33-19-25(33)11-8-6-4-5-7-10-22(2)31(37)35-21-23-14-15-28(40-27-13-9-12-26(34)18-27)16-24(23)17-29(35)30(36)20-33;1-3-17-13-24(17,23(29)30-4-2)27-22(28)21-11-16-10-20(9-8-15(16)14-26-21)31-19-7-5-6-18(25)12-19;/h5-6,12,14-18,20,24,27,31H,1-2,7-11,13,19,21-23H2,3-4H3;8-9,11-16,18,22,25,29H,3-7,10,17,19-21H2,1-2H3;3,5-10,12,17,21,26H,1,4,11,13-14H2,2H3,(H,27,28);1H4/b;11-8-;;/t24-,27+,31-,35+;22-,25+,29-,33+;17-,21+,24-;/m001./s1. The van der Waals surface area contributed by atoms with Crippen molar-refractivity contribution in [3.8, 4) is 34.5 Å². The lowest BCUT2D eigenvalue weighted by atomic mass is 9.85. The van der Waals surface area contributed by atoms with E-state index in [0.717, 1.165) is 97.6 Å². The Labute approximate surface area is 686 Å². The molecule has 21 heteroatoms. The van der Waals surface area contributed by atoms with Gasteiger partial charge in [0.15, 0.2) is 11.6 Å². The van der Waals surface area contributed by atoms with Gasteiger partial charge in [-0.1, -0.05) is 149 Å².